The molecule has 0 aliphatic carbocycles. The Bertz CT molecular complexity index is 304. The summed E-state index contributed by atoms with van der Waals surface area (Å²) in [5, 5.41) is 0. The summed E-state index contributed by atoms with van der Waals surface area (Å²) in [7, 11) is 0. The standard InChI is InChI=1S/C16H32N2O/c1-15(2,3)13-7-11-18(12-13)14(19)6-8-16(4,5)9-10-17/h13H,6-12,17H2,1-5H3. The fourth-order valence-corrected chi connectivity index (χ4v) is 2.81. The zero-order chi connectivity index (χ0) is 14.7. The summed E-state index contributed by atoms with van der Waals surface area (Å²) < 4.78 is 0. The molecule has 19 heavy (non-hydrogen) atoms. The van der Waals surface area contributed by atoms with Gasteiger partial charge in [0.25, 0.3) is 0 Å². The molecule has 0 bridgehead atoms. The number of hydrogen-bond acceptors (Lipinski definition) is 2. The third-order valence-electron chi connectivity index (χ3n) is 4.60. The van der Waals surface area contributed by atoms with Crippen LogP contribution < -0.4 is 5.73 Å². The molecule has 112 valence electrons. The first-order valence-electron chi connectivity index (χ1n) is 7.63. The van der Waals surface area contributed by atoms with Crippen molar-refractivity contribution in [2.75, 3.05) is 19.6 Å². The number of amides is 1. The van der Waals surface area contributed by atoms with E-state index in [1.165, 1.54) is 0 Å². The van der Waals surface area contributed by atoms with E-state index in [0.717, 1.165) is 32.4 Å². The molecule has 1 unspecified atom stereocenters. The molecule has 1 saturated heterocycles. The number of nitrogens with two attached hydrogens (primary N) is 1. The van der Waals surface area contributed by atoms with Crippen LogP contribution >= 0.6 is 0 Å². The minimum atomic E-state index is 0.188. The summed E-state index contributed by atoms with van der Waals surface area (Å²) in [6.07, 6.45) is 3.76. The minimum Gasteiger partial charge on any atom is -0.342 e. The van der Waals surface area contributed by atoms with Crippen molar-refractivity contribution in [3.05, 3.63) is 0 Å². The second-order valence-electron chi connectivity index (χ2n) is 7.89. The van der Waals surface area contributed by atoms with Crippen LogP contribution in [0.4, 0.5) is 0 Å². The summed E-state index contributed by atoms with van der Waals surface area (Å²) in [5.41, 5.74) is 6.12. The van der Waals surface area contributed by atoms with Gasteiger partial charge in [-0.1, -0.05) is 34.6 Å². The van der Waals surface area contributed by atoms with Crippen LogP contribution in [0.2, 0.25) is 0 Å². The van der Waals surface area contributed by atoms with Crippen molar-refractivity contribution in [2.24, 2.45) is 22.5 Å². The van der Waals surface area contributed by atoms with Crippen LogP contribution in [0.25, 0.3) is 0 Å². The lowest BCUT2D eigenvalue weighted by Gasteiger charge is -2.28. The molecular formula is C16H32N2O. The lowest BCUT2D eigenvalue weighted by molar-refractivity contribution is -0.131. The van der Waals surface area contributed by atoms with E-state index in [1.807, 2.05) is 0 Å². The van der Waals surface area contributed by atoms with Gasteiger partial charge in [-0.2, -0.15) is 0 Å². The van der Waals surface area contributed by atoms with E-state index >= 15 is 0 Å². The molecule has 0 aromatic carbocycles. The van der Waals surface area contributed by atoms with Gasteiger partial charge in [-0.05, 0) is 42.6 Å². The third-order valence-corrected chi connectivity index (χ3v) is 4.60. The first-order valence-corrected chi connectivity index (χ1v) is 7.63. The molecule has 1 rings (SSSR count). The SMILES string of the molecule is CC(C)(CCN)CCC(=O)N1CCC(C(C)(C)C)C1. The Hall–Kier alpha value is -0.570. The van der Waals surface area contributed by atoms with Gasteiger partial charge in [-0.25, -0.2) is 0 Å². The van der Waals surface area contributed by atoms with E-state index < -0.39 is 0 Å². The Morgan fingerprint density at radius 3 is 2.32 bits per heavy atom. The third kappa shape index (κ3) is 5.13. The van der Waals surface area contributed by atoms with Crippen LogP contribution in [-0.2, 0) is 4.79 Å². The first-order chi connectivity index (χ1) is 8.65. The van der Waals surface area contributed by atoms with Gasteiger partial charge in [0.2, 0.25) is 5.91 Å². The number of hydrogen-bond donors (Lipinski definition) is 1. The van der Waals surface area contributed by atoms with Crippen LogP contribution in [-0.4, -0.2) is 30.4 Å². The molecule has 1 aliphatic heterocycles. The fourth-order valence-electron chi connectivity index (χ4n) is 2.81. The molecule has 0 aromatic heterocycles. The van der Waals surface area contributed by atoms with E-state index in [4.69, 9.17) is 5.73 Å². The van der Waals surface area contributed by atoms with Crippen molar-refractivity contribution < 1.29 is 4.79 Å². The topological polar surface area (TPSA) is 46.3 Å². The predicted octanol–water partition coefficient (Wildman–Crippen LogP) is 3.04. The maximum Gasteiger partial charge on any atom is 0.222 e. The van der Waals surface area contributed by atoms with Crippen molar-refractivity contribution in [1.29, 1.82) is 0 Å². The summed E-state index contributed by atoms with van der Waals surface area (Å²) >= 11 is 0. The average Bonchev–Trinajstić information content (AvgIpc) is 2.74. The van der Waals surface area contributed by atoms with Gasteiger partial charge in [0.15, 0.2) is 0 Å². The zero-order valence-electron chi connectivity index (χ0n) is 13.5. The van der Waals surface area contributed by atoms with Crippen LogP contribution in [0.5, 0.6) is 0 Å². The molecule has 1 amide bonds. The number of nitrogens with zero attached hydrogens (tertiary/aromatic N) is 1. The average molecular weight is 268 g/mol. The van der Waals surface area contributed by atoms with Gasteiger partial charge in [-0.3, -0.25) is 4.79 Å². The van der Waals surface area contributed by atoms with Gasteiger partial charge >= 0.3 is 0 Å². The summed E-state index contributed by atoms with van der Waals surface area (Å²) in [6.45, 7) is 13.8. The second-order valence-corrected chi connectivity index (χ2v) is 7.89. The van der Waals surface area contributed by atoms with Crippen LogP contribution in [0, 0.1) is 16.7 Å². The molecule has 3 nitrogen and oxygen atoms in total. The van der Waals surface area contributed by atoms with Crippen LogP contribution in [0.3, 0.4) is 0 Å². The first kappa shape index (κ1) is 16.5. The molecule has 1 aliphatic rings. The van der Waals surface area contributed by atoms with E-state index in [1.54, 1.807) is 0 Å². The lowest BCUT2D eigenvalue weighted by atomic mass is 9.80. The van der Waals surface area contributed by atoms with Gasteiger partial charge in [-0.15, -0.1) is 0 Å². The molecular weight excluding hydrogens is 236 g/mol. The zero-order valence-corrected chi connectivity index (χ0v) is 13.5. The fraction of sp³-hybridized carbons (Fsp3) is 0.938. The Balaban J connectivity index is 2.40. The van der Waals surface area contributed by atoms with Gasteiger partial charge < -0.3 is 10.6 Å². The smallest absolute Gasteiger partial charge is 0.222 e. The van der Waals surface area contributed by atoms with Crippen molar-refractivity contribution in [3.63, 3.8) is 0 Å². The van der Waals surface area contributed by atoms with Crippen molar-refractivity contribution in [1.82, 2.24) is 4.90 Å². The normalized spacial score (nSPS) is 20.9. The van der Waals surface area contributed by atoms with Gasteiger partial charge in [0, 0.05) is 19.5 Å². The number of carbonyl (C=O) groups excluding carboxylic acids is 1. The van der Waals surface area contributed by atoms with E-state index in [0.29, 0.717) is 30.2 Å². The molecule has 1 heterocycles. The number of rotatable bonds is 5. The highest BCUT2D eigenvalue weighted by Gasteiger charge is 2.33. The van der Waals surface area contributed by atoms with Crippen LogP contribution in [0.15, 0.2) is 0 Å². The highest BCUT2D eigenvalue weighted by molar-refractivity contribution is 5.76. The van der Waals surface area contributed by atoms with E-state index in [9.17, 15) is 4.79 Å². The molecule has 0 spiro atoms. The van der Waals surface area contributed by atoms with Gasteiger partial charge in [0.1, 0.15) is 0 Å². The molecule has 3 heteroatoms. The summed E-state index contributed by atoms with van der Waals surface area (Å²) in [4.78, 5) is 14.3. The summed E-state index contributed by atoms with van der Waals surface area (Å²) in [6, 6.07) is 0. The van der Waals surface area contributed by atoms with Crippen LogP contribution in [0.1, 0.15) is 60.3 Å². The Kier molecular flexibility index (Phi) is 5.43. The quantitative estimate of drug-likeness (QED) is 0.833. The Labute approximate surface area is 118 Å². The molecule has 0 saturated carbocycles. The molecule has 1 fully saturated rings. The Morgan fingerprint density at radius 1 is 1.21 bits per heavy atom. The number of likely N-dealkylation sites (tertiary alicyclic amines) is 1. The molecule has 0 aromatic rings. The number of carbonyl (C=O) groups is 1. The second kappa shape index (κ2) is 6.25. The molecule has 2 N–H and O–H groups in total. The Morgan fingerprint density at radius 2 is 1.84 bits per heavy atom. The van der Waals surface area contributed by atoms with Gasteiger partial charge in [0.05, 0.1) is 0 Å². The van der Waals surface area contributed by atoms with Crippen molar-refractivity contribution in [3.8, 4) is 0 Å². The van der Waals surface area contributed by atoms with E-state index in [2.05, 4.69) is 39.5 Å². The maximum atomic E-state index is 12.3. The summed E-state index contributed by atoms with van der Waals surface area (Å²) in [5.74, 6) is 0.977. The molecule has 0 radical (unpaired) electrons. The molecule has 1 atom stereocenters. The van der Waals surface area contributed by atoms with E-state index in [-0.39, 0.29) is 5.41 Å². The van der Waals surface area contributed by atoms with Crippen molar-refractivity contribution in [2.45, 2.75) is 60.3 Å². The highest BCUT2D eigenvalue weighted by Crippen LogP contribution is 2.34. The van der Waals surface area contributed by atoms with Crippen molar-refractivity contribution >= 4 is 5.91 Å². The predicted molar refractivity (Wildman–Crippen MR) is 80.8 cm³/mol. The maximum absolute atomic E-state index is 12.3. The largest absolute Gasteiger partial charge is 0.342 e. The monoisotopic (exact) mass is 268 g/mol. The highest BCUT2D eigenvalue weighted by atomic mass is 16.2. The lowest BCUT2D eigenvalue weighted by Crippen LogP contribution is -2.32. The minimum absolute atomic E-state index is 0.188.